The number of hydrogen-bond donors (Lipinski definition) is 0. The predicted molar refractivity (Wildman–Crippen MR) is 162 cm³/mol. The Kier molecular flexibility index (Phi) is 7.39. The van der Waals surface area contributed by atoms with Crippen molar-refractivity contribution in [2.45, 2.75) is 41.5 Å². The maximum atomic E-state index is 6.65. The van der Waals surface area contributed by atoms with Gasteiger partial charge in [-0.3, -0.25) is 0 Å². The summed E-state index contributed by atoms with van der Waals surface area (Å²) in [4.78, 5) is 0. The van der Waals surface area contributed by atoms with Crippen LogP contribution in [0.1, 0.15) is 33.4 Å². The van der Waals surface area contributed by atoms with Crippen LogP contribution in [0.4, 0.5) is 0 Å². The van der Waals surface area contributed by atoms with Gasteiger partial charge in [0.15, 0.2) is 0 Å². The van der Waals surface area contributed by atoms with Gasteiger partial charge < -0.3 is 18.8 Å². The molecule has 4 nitrogen and oxygen atoms in total. The van der Waals surface area contributed by atoms with Crippen molar-refractivity contribution in [3.63, 3.8) is 0 Å². The van der Waals surface area contributed by atoms with Crippen molar-refractivity contribution >= 4 is 34.1 Å². The summed E-state index contributed by atoms with van der Waals surface area (Å²) in [6.07, 6.45) is 0. The minimum absolute atomic E-state index is 0.563. The summed E-state index contributed by atoms with van der Waals surface area (Å²) >= 11 is 0. The lowest BCUT2D eigenvalue weighted by Gasteiger charge is -2.20. The van der Waals surface area contributed by atoms with Crippen molar-refractivity contribution < 1.29 is 18.8 Å². The van der Waals surface area contributed by atoms with Gasteiger partial charge in [-0.25, -0.2) is 0 Å². The molecule has 0 atom stereocenters. The van der Waals surface area contributed by atoms with Gasteiger partial charge in [0.05, 0.1) is 0 Å². The van der Waals surface area contributed by atoms with Gasteiger partial charge >= 0.3 is 7.12 Å². The van der Waals surface area contributed by atoms with Crippen molar-refractivity contribution in [3.05, 3.63) is 100 Å². The van der Waals surface area contributed by atoms with E-state index in [-0.39, 0.29) is 0 Å². The fourth-order valence-corrected chi connectivity index (χ4v) is 5.78. The summed E-state index contributed by atoms with van der Waals surface area (Å²) in [6, 6.07) is 23.0. The van der Waals surface area contributed by atoms with Crippen LogP contribution in [0.15, 0.2) is 66.7 Å². The molecule has 0 unspecified atom stereocenters. The van der Waals surface area contributed by atoms with Crippen molar-refractivity contribution in [1.82, 2.24) is 0 Å². The molecule has 0 aliphatic heterocycles. The quantitative estimate of drug-likeness (QED) is 0.160. The van der Waals surface area contributed by atoms with Crippen molar-refractivity contribution in [3.8, 4) is 23.0 Å². The molecule has 5 rings (SSSR count). The van der Waals surface area contributed by atoms with E-state index < -0.39 is 7.12 Å². The average Bonchev–Trinajstić information content (AvgIpc) is 2.88. The molecular formula is C34H35BO4. The molecule has 0 spiro atoms. The molecule has 0 amide bonds. The summed E-state index contributed by atoms with van der Waals surface area (Å²) in [6.45, 7) is 12.6. The Hall–Kier alpha value is -3.80. The Morgan fingerprint density at radius 1 is 0.487 bits per heavy atom. The fraction of sp³-hybridized carbons (Fsp3) is 0.235. The second kappa shape index (κ2) is 10.8. The normalized spacial score (nSPS) is 11.3. The first-order chi connectivity index (χ1) is 18.7. The molecule has 39 heavy (non-hydrogen) atoms. The Labute approximate surface area is 231 Å². The van der Waals surface area contributed by atoms with Gasteiger partial charge in [0.25, 0.3) is 0 Å². The minimum atomic E-state index is -0.563. The topological polar surface area (TPSA) is 36.9 Å². The number of ether oxygens (including phenoxy) is 2. The highest BCUT2D eigenvalue weighted by Gasteiger charge is 2.26. The van der Waals surface area contributed by atoms with Crippen LogP contribution in [0.2, 0.25) is 0 Å². The van der Waals surface area contributed by atoms with Gasteiger partial charge in [-0.1, -0.05) is 59.7 Å². The van der Waals surface area contributed by atoms with E-state index in [0.29, 0.717) is 0 Å². The smallest absolute Gasteiger partial charge is 0.456 e. The standard InChI is InChI=1S/C34H35BO4/c1-20-15-22(3)33(23(4)16-20)38-30-13-9-11-26-28(30)19-29-27(32(26)35(36-7)37-8)12-10-14-31(29)39-34-24(5)17-21(2)18-25(34)6/h9-19H,1-8H3. The second-order valence-corrected chi connectivity index (χ2v) is 10.5. The molecule has 0 saturated carbocycles. The Bertz CT molecular complexity index is 1540. The molecule has 0 N–H and O–H groups in total. The molecule has 0 saturated heterocycles. The minimum Gasteiger partial charge on any atom is -0.456 e. The summed E-state index contributed by atoms with van der Waals surface area (Å²) in [5, 5.41) is 3.95. The number of aryl methyl sites for hydroxylation is 6. The van der Waals surface area contributed by atoms with E-state index in [1.165, 1.54) is 11.1 Å². The van der Waals surface area contributed by atoms with E-state index in [1.54, 1.807) is 14.2 Å². The molecule has 0 bridgehead atoms. The first-order valence-corrected chi connectivity index (χ1v) is 13.3. The average molecular weight is 518 g/mol. The fourth-order valence-electron chi connectivity index (χ4n) is 5.78. The lowest BCUT2D eigenvalue weighted by Crippen LogP contribution is -2.36. The highest BCUT2D eigenvalue weighted by molar-refractivity contribution is 6.67. The van der Waals surface area contributed by atoms with Crippen LogP contribution >= 0.6 is 0 Å². The first kappa shape index (κ1) is 26.8. The zero-order valence-corrected chi connectivity index (χ0v) is 24.1. The molecule has 5 heteroatoms. The Morgan fingerprint density at radius 2 is 0.872 bits per heavy atom. The molecule has 5 aromatic carbocycles. The van der Waals surface area contributed by atoms with Crippen molar-refractivity contribution in [2.24, 2.45) is 0 Å². The van der Waals surface area contributed by atoms with E-state index in [2.05, 4.69) is 84.0 Å². The molecule has 198 valence electrons. The molecule has 0 fully saturated rings. The van der Waals surface area contributed by atoms with E-state index in [4.69, 9.17) is 18.8 Å². The van der Waals surface area contributed by atoms with E-state index in [9.17, 15) is 0 Å². The summed E-state index contributed by atoms with van der Waals surface area (Å²) < 4.78 is 24.9. The lowest BCUT2D eigenvalue weighted by atomic mass is 9.73. The van der Waals surface area contributed by atoms with Gasteiger partial charge in [-0.05, 0) is 98.2 Å². The van der Waals surface area contributed by atoms with Gasteiger partial charge in [-0.15, -0.1) is 0 Å². The molecule has 0 radical (unpaired) electrons. The van der Waals surface area contributed by atoms with Gasteiger partial charge in [0, 0.05) is 25.0 Å². The van der Waals surface area contributed by atoms with E-state index in [0.717, 1.165) is 72.3 Å². The predicted octanol–water partition coefficient (Wildman–Crippen LogP) is 8.42. The van der Waals surface area contributed by atoms with Crippen LogP contribution in [0.3, 0.4) is 0 Å². The van der Waals surface area contributed by atoms with Crippen LogP contribution in [-0.2, 0) is 9.31 Å². The third kappa shape index (κ3) is 5.00. The highest BCUT2D eigenvalue weighted by atomic mass is 16.6. The van der Waals surface area contributed by atoms with Gasteiger partial charge in [-0.2, -0.15) is 0 Å². The van der Waals surface area contributed by atoms with E-state index >= 15 is 0 Å². The first-order valence-electron chi connectivity index (χ1n) is 13.3. The molecule has 0 aliphatic rings. The van der Waals surface area contributed by atoms with Crippen molar-refractivity contribution in [1.29, 1.82) is 0 Å². The van der Waals surface area contributed by atoms with Crippen molar-refractivity contribution in [2.75, 3.05) is 14.2 Å². The molecule has 0 heterocycles. The number of fused-ring (bicyclic) bond motifs is 2. The summed E-state index contributed by atoms with van der Waals surface area (Å²) in [5.74, 6) is 3.30. The number of hydrogen-bond acceptors (Lipinski definition) is 4. The molecule has 5 aromatic rings. The molecular weight excluding hydrogens is 483 g/mol. The Morgan fingerprint density at radius 3 is 1.23 bits per heavy atom. The largest absolute Gasteiger partial charge is 0.494 e. The maximum Gasteiger partial charge on any atom is 0.494 e. The van der Waals surface area contributed by atoms with Crippen LogP contribution < -0.4 is 14.9 Å². The Balaban J connectivity index is 1.78. The monoisotopic (exact) mass is 518 g/mol. The number of rotatable bonds is 7. The summed E-state index contributed by atoms with van der Waals surface area (Å²) in [5.41, 5.74) is 7.79. The molecule has 0 aliphatic carbocycles. The molecule has 0 aromatic heterocycles. The van der Waals surface area contributed by atoms with E-state index in [1.807, 2.05) is 24.3 Å². The number of benzene rings is 5. The zero-order chi connectivity index (χ0) is 27.8. The lowest BCUT2D eigenvalue weighted by molar-refractivity contribution is 0.292. The highest BCUT2D eigenvalue weighted by Crippen LogP contribution is 2.39. The zero-order valence-electron chi connectivity index (χ0n) is 24.1. The maximum absolute atomic E-state index is 6.65. The van der Waals surface area contributed by atoms with Gasteiger partial charge in [0.2, 0.25) is 0 Å². The van der Waals surface area contributed by atoms with Gasteiger partial charge in [0.1, 0.15) is 23.0 Å². The van der Waals surface area contributed by atoms with Crippen LogP contribution in [0, 0.1) is 41.5 Å². The van der Waals surface area contributed by atoms with Crippen LogP contribution in [0.25, 0.3) is 21.5 Å². The second-order valence-electron chi connectivity index (χ2n) is 10.5. The van der Waals surface area contributed by atoms with Crippen LogP contribution in [-0.4, -0.2) is 21.3 Å². The SMILES string of the molecule is COB(OC)c1c2cccc(Oc3c(C)cc(C)cc3C)c2cc2c(Oc3c(C)cc(C)cc3C)cccc12. The van der Waals surface area contributed by atoms with Crippen LogP contribution in [0.5, 0.6) is 23.0 Å². The third-order valence-electron chi connectivity index (χ3n) is 7.30. The third-order valence-corrected chi connectivity index (χ3v) is 7.30. The summed E-state index contributed by atoms with van der Waals surface area (Å²) in [7, 11) is 2.77.